The maximum atomic E-state index is 12.2. The smallest absolute Gasteiger partial charge is 0.224 e. The molecular weight excluding hydrogens is 268 g/mol. The first-order valence-electron chi connectivity index (χ1n) is 6.24. The van der Waals surface area contributed by atoms with Gasteiger partial charge in [0.05, 0.1) is 6.04 Å². The van der Waals surface area contributed by atoms with E-state index >= 15 is 0 Å². The standard InChI is InChI=1S/C13H20N2OS.ClH/c1-3-11-10-5-7-17-12(10)4-6-15(11)13(16)8-9(2)14;/h5,7,9,11H,3-4,6,8,14H2,1-2H3;1H. The Hall–Kier alpha value is -0.580. The van der Waals surface area contributed by atoms with E-state index in [0.717, 1.165) is 19.4 Å². The number of carbonyl (C=O) groups excluding carboxylic acids is 1. The SMILES string of the molecule is CCC1c2ccsc2CCN1C(=O)CC(C)N.Cl. The molecule has 2 heterocycles. The van der Waals surface area contributed by atoms with Crippen LogP contribution >= 0.6 is 23.7 Å². The summed E-state index contributed by atoms with van der Waals surface area (Å²) < 4.78 is 0. The average Bonchev–Trinajstić information content (AvgIpc) is 2.74. The Labute approximate surface area is 119 Å². The predicted molar refractivity (Wildman–Crippen MR) is 78.3 cm³/mol. The molecule has 1 aromatic rings. The van der Waals surface area contributed by atoms with E-state index in [0.29, 0.717) is 6.42 Å². The fraction of sp³-hybridized carbons (Fsp3) is 0.615. The van der Waals surface area contributed by atoms with Gasteiger partial charge in [-0.3, -0.25) is 4.79 Å². The first-order chi connectivity index (χ1) is 8.13. The highest BCUT2D eigenvalue weighted by Crippen LogP contribution is 2.35. The van der Waals surface area contributed by atoms with E-state index in [4.69, 9.17) is 5.73 Å². The number of carbonyl (C=O) groups is 1. The number of halogens is 1. The van der Waals surface area contributed by atoms with Crippen molar-refractivity contribution in [3.05, 3.63) is 21.9 Å². The van der Waals surface area contributed by atoms with Crippen LogP contribution in [-0.2, 0) is 11.2 Å². The van der Waals surface area contributed by atoms with Gasteiger partial charge in [0.1, 0.15) is 0 Å². The molecule has 102 valence electrons. The Balaban J connectivity index is 0.00000162. The highest BCUT2D eigenvalue weighted by atomic mass is 35.5. The van der Waals surface area contributed by atoms with Crippen LogP contribution in [0.5, 0.6) is 0 Å². The molecular formula is C13H21ClN2OS. The summed E-state index contributed by atoms with van der Waals surface area (Å²) in [6, 6.07) is 2.37. The molecule has 0 bridgehead atoms. The number of rotatable bonds is 3. The van der Waals surface area contributed by atoms with Crippen molar-refractivity contribution in [3.63, 3.8) is 0 Å². The molecule has 2 unspecified atom stereocenters. The molecule has 1 aliphatic heterocycles. The van der Waals surface area contributed by atoms with Gasteiger partial charge in [-0.1, -0.05) is 6.92 Å². The lowest BCUT2D eigenvalue weighted by Gasteiger charge is -2.36. The second kappa shape index (κ2) is 6.55. The quantitative estimate of drug-likeness (QED) is 0.930. The second-order valence-corrected chi connectivity index (χ2v) is 5.74. The average molecular weight is 289 g/mol. The summed E-state index contributed by atoms with van der Waals surface area (Å²) in [5.74, 6) is 0.198. The fourth-order valence-electron chi connectivity index (χ4n) is 2.53. The van der Waals surface area contributed by atoms with Crippen LogP contribution in [0.4, 0.5) is 0 Å². The summed E-state index contributed by atoms with van der Waals surface area (Å²) in [4.78, 5) is 15.6. The van der Waals surface area contributed by atoms with Gasteiger partial charge >= 0.3 is 0 Å². The highest BCUT2D eigenvalue weighted by Gasteiger charge is 2.30. The van der Waals surface area contributed by atoms with Gasteiger partial charge < -0.3 is 10.6 Å². The molecule has 2 rings (SSSR count). The van der Waals surface area contributed by atoms with Crippen LogP contribution in [0.15, 0.2) is 11.4 Å². The van der Waals surface area contributed by atoms with Gasteiger partial charge in [-0.05, 0) is 36.8 Å². The van der Waals surface area contributed by atoms with Gasteiger partial charge in [-0.25, -0.2) is 0 Å². The van der Waals surface area contributed by atoms with Crippen LogP contribution in [0.25, 0.3) is 0 Å². The van der Waals surface area contributed by atoms with Crippen molar-refractivity contribution in [2.75, 3.05) is 6.54 Å². The van der Waals surface area contributed by atoms with E-state index < -0.39 is 0 Å². The first-order valence-corrected chi connectivity index (χ1v) is 7.12. The number of nitrogens with two attached hydrogens (primary N) is 1. The summed E-state index contributed by atoms with van der Waals surface area (Å²) in [5, 5.41) is 2.13. The molecule has 3 nitrogen and oxygen atoms in total. The van der Waals surface area contributed by atoms with Crippen molar-refractivity contribution >= 4 is 29.7 Å². The number of fused-ring (bicyclic) bond motifs is 1. The number of hydrogen-bond acceptors (Lipinski definition) is 3. The maximum absolute atomic E-state index is 12.2. The normalized spacial score (nSPS) is 19.9. The summed E-state index contributed by atoms with van der Waals surface area (Å²) >= 11 is 1.81. The van der Waals surface area contributed by atoms with E-state index in [1.807, 2.05) is 23.2 Å². The minimum absolute atomic E-state index is 0. The molecule has 5 heteroatoms. The topological polar surface area (TPSA) is 46.3 Å². The molecule has 0 aliphatic carbocycles. The molecule has 0 aromatic carbocycles. The number of amides is 1. The van der Waals surface area contributed by atoms with E-state index in [1.54, 1.807) is 0 Å². The Kier molecular flexibility index (Phi) is 5.63. The highest BCUT2D eigenvalue weighted by molar-refractivity contribution is 7.10. The Bertz CT molecular complexity index is 405. The van der Waals surface area contributed by atoms with E-state index in [-0.39, 0.29) is 30.4 Å². The summed E-state index contributed by atoms with van der Waals surface area (Å²) in [6.07, 6.45) is 2.43. The minimum atomic E-state index is -0.0520. The van der Waals surface area contributed by atoms with Crippen molar-refractivity contribution in [2.45, 2.75) is 45.2 Å². The van der Waals surface area contributed by atoms with E-state index in [9.17, 15) is 4.79 Å². The van der Waals surface area contributed by atoms with Crippen LogP contribution in [0.2, 0.25) is 0 Å². The Morgan fingerprint density at radius 3 is 3.00 bits per heavy atom. The molecule has 1 aliphatic rings. The van der Waals surface area contributed by atoms with Crippen molar-refractivity contribution in [3.8, 4) is 0 Å². The van der Waals surface area contributed by atoms with E-state index in [2.05, 4.69) is 18.4 Å². The molecule has 0 saturated carbocycles. The largest absolute Gasteiger partial charge is 0.335 e. The van der Waals surface area contributed by atoms with Crippen LogP contribution < -0.4 is 5.73 Å². The molecule has 0 radical (unpaired) electrons. The summed E-state index contributed by atoms with van der Waals surface area (Å²) in [5.41, 5.74) is 7.06. The molecule has 0 spiro atoms. The first kappa shape index (κ1) is 15.5. The van der Waals surface area contributed by atoms with Gasteiger partial charge in [0.15, 0.2) is 0 Å². The zero-order valence-corrected chi connectivity index (χ0v) is 12.5. The van der Waals surface area contributed by atoms with Gasteiger partial charge in [0, 0.05) is 23.9 Å². The zero-order valence-electron chi connectivity index (χ0n) is 10.9. The zero-order chi connectivity index (χ0) is 12.4. The summed E-state index contributed by atoms with van der Waals surface area (Å²) in [6.45, 7) is 4.87. The lowest BCUT2D eigenvalue weighted by Crippen LogP contribution is -2.41. The Morgan fingerprint density at radius 2 is 2.39 bits per heavy atom. The van der Waals surface area contributed by atoms with Crippen LogP contribution in [-0.4, -0.2) is 23.4 Å². The van der Waals surface area contributed by atoms with Gasteiger partial charge in [-0.2, -0.15) is 0 Å². The van der Waals surface area contributed by atoms with Crippen molar-refractivity contribution in [2.24, 2.45) is 5.73 Å². The molecule has 2 N–H and O–H groups in total. The minimum Gasteiger partial charge on any atom is -0.335 e. The molecule has 1 amide bonds. The molecule has 2 atom stereocenters. The third-order valence-electron chi connectivity index (χ3n) is 3.30. The number of hydrogen-bond donors (Lipinski definition) is 1. The van der Waals surface area contributed by atoms with Crippen molar-refractivity contribution in [1.29, 1.82) is 0 Å². The van der Waals surface area contributed by atoms with Crippen LogP contribution in [0.1, 0.15) is 43.2 Å². The number of thiophene rings is 1. The van der Waals surface area contributed by atoms with Crippen molar-refractivity contribution < 1.29 is 4.79 Å². The maximum Gasteiger partial charge on any atom is 0.224 e. The molecule has 18 heavy (non-hydrogen) atoms. The van der Waals surface area contributed by atoms with Gasteiger partial charge in [0.2, 0.25) is 5.91 Å². The lowest BCUT2D eigenvalue weighted by molar-refractivity contribution is -0.134. The van der Waals surface area contributed by atoms with Gasteiger partial charge in [-0.15, -0.1) is 23.7 Å². The number of nitrogens with zero attached hydrogens (tertiary/aromatic N) is 1. The van der Waals surface area contributed by atoms with Crippen LogP contribution in [0, 0.1) is 0 Å². The third-order valence-corrected chi connectivity index (χ3v) is 4.30. The monoisotopic (exact) mass is 288 g/mol. The summed E-state index contributed by atoms with van der Waals surface area (Å²) in [7, 11) is 0. The molecule has 0 fully saturated rings. The lowest BCUT2D eigenvalue weighted by atomic mass is 9.97. The second-order valence-electron chi connectivity index (χ2n) is 4.74. The fourth-order valence-corrected chi connectivity index (χ4v) is 3.46. The van der Waals surface area contributed by atoms with E-state index in [1.165, 1.54) is 10.4 Å². The molecule has 0 saturated heterocycles. The Morgan fingerprint density at radius 1 is 1.67 bits per heavy atom. The van der Waals surface area contributed by atoms with Crippen LogP contribution in [0.3, 0.4) is 0 Å². The third kappa shape index (κ3) is 3.05. The predicted octanol–water partition coefficient (Wildman–Crippen LogP) is 2.74. The van der Waals surface area contributed by atoms with Gasteiger partial charge in [0.25, 0.3) is 0 Å². The van der Waals surface area contributed by atoms with Crippen molar-refractivity contribution in [1.82, 2.24) is 4.90 Å². The molecule has 1 aromatic heterocycles.